The van der Waals surface area contributed by atoms with Crippen molar-refractivity contribution in [1.82, 2.24) is 4.90 Å². The minimum atomic E-state index is -0.428. The van der Waals surface area contributed by atoms with E-state index in [1.807, 2.05) is 0 Å². The highest BCUT2D eigenvalue weighted by Crippen LogP contribution is 2.36. The van der Waals surface area contributed by atoms with Gasteiger partial charge in [-0.15, -0.1) is 0 Å². The smallest absolute Gasteiger partial charge is 0.280 e. The number of methoxy groups -OCH3 is 2. The third-order valence-corrected chi connectivity index (χ3v) is 3.85. The standard InChI is InChI=1S/C16H23N3O5/c1-22-15-9-12(14(19(20)21)10-16(15)23-2)8-13-11-24-7-6-18(13)5-3-4-17/h8-10H,3-7,11,17H2,1-2H3. The summed E-state index contributed by atoms with van der Waals surface area (Å²) in [6.07, 6.45) is 2.63. The number of hydrogen-bond acceptors (Lipinski definition) is 7. The zero-order valence-electron chi connectivity index (χ0n) is 14.0. The fourth-order valence-corrected chi connectivity index (χ4v) is 2.59. The van der Waals surface area contributed by atoms with Crippen molar-refractivity contribution in [2.75, 3.05) is 47.1 Å². The molecule has 2 N–H and O–H groups in total. The lowest BCUT2D eigenvalue weighted by molar-refractivity contribution is -0.385. The number of nitro groups is 1. The van der Waals surface area contributed by atoms with Gasteiger partial charge in [-0.3, -0.25) is 10.1 Å². The summed E-state index contributed by atoms with van der Waals surface area (Å²) in [6, 6.07) is 2.98. The largest absolute Gasteiger partial charge is 0.493 e. The summed E-state index contributed by atoms with van der Waals surface area (Å²) in [5, 5.41) is 11.4. The molecule has 0 amide bonds. The van der Waals surface area contributed by atoms with Crippen LogP contribution in [0.1, 0.15) is 12.0 Å². The van der Waals surface area contributed by atoms with E-state index >= 15 is 0 Å². The average molecular weight is 337 g/mol. The van der Waals surface area contributed by atoms with Crippen LogP contribution >= 0.6 is 0 Å². The molecule has 0 spiro atoms. The highest BCUT2D eigenvalue weighted by molar-refractivity contribution is 5.68. The topological polar surface area (TPSA) is 100 Å². The van der Waals surface area contributed by atoms with Crippen LogP contribution in [0, 0.1) is 10.1 Å². The van der Waals surface area contributed by atoms with Gasteiger partial charge in [0.1, 0.15) is 0 Å². The van der Waals surface area contributed by atoms with Gasteiger partial charge in [0, 0.05) is 18.8 Å². The number of rotatable bonds is 7. The summed E-state index contributed by atoms with van der Waals surface area (Å²) in [5.41, 5.74) is 6.89. The van der Waals surface area contributed by atoms with E-state index in [1.54, 1.807) is 12.1 Å². The van der Waals surface area contributed by atoms with Crippen LogP contribution in [-0.2, 0) is 4.74 Å². The Bertz CT molecular complexity index is 618. The first-order chi connectivity index (χ1) is 11.6. The van der Waals surface area contributed by atoms with Gasteiger partial charge in [-0.25, -0.2) is 0 Å². The first kappa shape index (κ1) is 18.0. The van der Waals surface area contributed by atoms with Crippen LogP contribution in [0.4, 0.5) is 5.69 Å². The van der Waals surface area contributed by atoms with E-state index in [-0.39, 0.29) is 5.69 Å². The Hall–Kier alpha value is -2.32. The van der Waals surface area contributed by atoms with Gasteiger partial charge in [0.05, 0.1) is 44.0 Å². The summed E-state index contributed by atoms with van der Waals surface area (Å²) in [7, 11) is 2.95. The lowest BCUT2D eigenvalue weighted by Crippen LogP contribution is -2.35. The summed E-state index contributed by atoms with van der Waals surface area (Å²) in [4.78, 5) is 13.1. The monoisotopic (exact) mass is 337 g/mol. The van der Waals surface area contributed by atoms with Crippen molar-refractivity contribution in [3.05, 3.63) is 33.5 Å². The van der Waals surface area contributed by atoms with Crippen molar-refractivity contribution in [1.29, 1.82) is 0 Å². The molecule has 1 aromatic carbocycles. The van der Waals surface area contributed by atoms with Crippen molar-refractivity contribution < 1.29 is 19.1 Å². The maximum atomic E-state index is 11.4. The van der Waals surface area contributed by atoms with Gasteiger partial charge >= 0.3 is 0 Å². The number of nitrogens with zero attached hydrogens (tertiary/aromatic N) is 2. The molecule has 1 fully saturated rings. The number of nitro benzene ring substituents is 1. The molecule has 0 bridgehead atoms. The predicted octanol–water partition coefficient (Wildman–Crippen LogP) is 1.63. The Morgan fingerprint density at radius 1 is 1.38 bits per heavy atom. The minimum Gasteiger partial charge on any atom is -0.493 e. The molecule has 1 heterocycles. The van der Waals surface area contributed by atoms with Gasteiger partial charge in [-0.05, 0) is 25.1 Å². The summed E-state index contributed by atoms with van der Waals surface area (Å²) >= 11 is 0. The molecule has 2 rings (SSSR count). The fourth-order valence-electron chi connectivity index (χ4n) is 2.59. The molecule has 0 aromatic heterocycles. The second-order valence-electron chi connectivity index (χ2n) is 5.34. The lowest BCUT2D eigenvalue weighted by atomic mass is 10.1. The third kappa shape index (κ3) is 4.15. The first-order valence-corrected chi connectivity index (χ1v) is 7.74. The number of hydrogen-bond donors (Lipinski definition) is 1. The highest BCUT2D eigenvalue weighted by Gasteiger charge is 2.21. The van der Waals surface area contributed by atoms with E-state index in [4.69, 9.17) is 19.9 Å². The van der Waals surface area contributed by atoms with E-state index < -0.39 is 4.92 Å². The Labute approximate surface area is 140 Å². The first-order valence-electron chi connectivity index (χ1n) is 7.74. The molecule has 24 heavy (non-hydrogen) atoms. The quantitative estimate of drug-likeness (QED) is 0.596. The molecule has 132 valence electrons. The Morgan fingerprint density at radius 3 is 2.71 bits per heavy atom. The average Bonchev–Trinajstić information content (AvgIpc) is 2.60. The van der Waals surface area contributed by atoms with Crippen molar-refractivity contribution in [3.63, 3.8) is 0 Å². The van der Waals surface area contributed by atoms with E-state index in [2.05, 4.69) is 4.90 Å². The van der Waals surface area contributed by atoms with Crippen molar-refractivity contribution in [2.24, 2.45) is 5.73 Å². The van der Waals surface area contributed by atoms with Gasteiger partial charge in [-0.2, -0.15) is 0 Å². The van der Waals surface area contributed by atoms with Crippen LogP contribution < -0.4 is 15.2 Å². The fraction of sp³-hybridized carbons (Fsp3) is 0.500. The lowest BCUT2D eigenvalue weighted by Gasteiger charge is -2.31. The molecule has 1 saturated heterocycles. The number of morpholine rings is 1. The Morgan fingerprint density at radius 2 is 2.08 bits per heavy atom. The van der Waals surface area contributed by atoms with Crippen LogP contribution in [-0.4, -0.2) is 56.9 Å². The molecular weight excluding hydrogens is 314 g/mol. The zero-order valence-corrected chi connectivity index (χ0v) is 14.0. The van der Waals surface area contributed by atoms with E-state index in [9.17, 15) is 10.1 Å². The molecule has 0 saturated carbocycles. The molecule has 0 unspecified atom stereocenters. The molecular formula is C16H23N3O5. The molecule has 0 radical (unpaired) electrons. The van der Waals surface area contributed by atoms with Crippen LogP contribution in [0.5, 0.6) is 11.5 Å². The Balaban J connectivity index is 2.42. The van der Waals surface area contributed by atoms with Gasteiger partial charge in [0.25, 0.3) is 5.69 Å². The number of ether oxygens (including phenoxy) is 3. The summed E-state index contributed by atoms with van der Waals surface area (Å²) in [6.45, 7) is 3.19. The van der Waals surface area contributed by atoms with E-state index in [0.717, 1.165) is 25.2 Å². The van der Waals surface area contributed by atoms with Gasteiger partial charge in [-0.1, -0.05) is 0 Å². The molecule has 1 aliphatic rings. The van der Waals surface area contributed by atoms with Crippen LogP contribution in [0.15, 0.2) is 17.8 Å². The molecule has 1 aliphatic heterocycles. The van der Waals surface area contributed by atoms with Crippen LogP contribution in [0.3, 0.4) is 0 Å². The van der Waals surface area contributed by atoms with E-state index in [0.29, 0.717) is 36.8 Å². The third-order valence-electron chi connectivity index (χ3n) is 3.85. The number of nitrogens with two attached hydrogens (primary N) is 1. The predicted molar refractivity (Wildman–Crippen MR) is 90.2 cm³/mol. The van der Waals surface area contributed by atoms with Crippen LogP contribution in [0.25, 0.3) is 6.08 Å². The zero-order chi connectivity index (χ0) is 17.5. The van der Waals surface area contributed by atoms with Crippen molar-refractivity contribution in [3.8, 4) is 11.5 Å². The maximum Gasteiger partial charge on any atom is 0.280 e. The molecule has 0 atom stereocenters. The number of benzene rings is 1. The highest BCUT2D eigenvalue weighted by atomic mass is 16.6. The summed E-state index contributed by atoms with van der Waals surface area (Å²) in [5.74, 6) is 0.770. The van der Waals surface area contributed by atoms with Gasteiger partial charge in [0.15, 0.2) is 11.5 Å². The van der Waals surface area contributed by atoms with Gasteiger partial charge in [0.2, 0.25) is 0 Å². The normalized spacial score (nSPS) is 16.3. The molecule has 0 aliphatic carbocycles. The SMILES string of the molecule is COc1cc(C=C2COCCN2CCCN)c([N+](=O)[O-])cc1OC. The minimum absolute atomic E-state index is 0.0375. The second kappa shape index (κ2) is 8.51. The second-order valence-corrected chi connectivity index (χ2v) is 5.34. The van der Waals surface area contributed by atoms with Crippen LogP contribution in [0.2, 0.25) is 0 Å². The molecule has 8 nitrogen and oxygen atoms in total. The van der Waals surface area contributed by atoms with E-state index in [1.165, 1.54) is 20.3 Å². The molecule has 1 aromatic rings. The van der Waals surface area contributed by atoms with Crippen molar-refractivity contribution >= 4 is 11.8 Å². The van der Waals surface area contributed by atoms with Gasteiger partial charge < -0.3 is 24.8 Å². The summed E-state index contributed by atoms with van der Waals surface area (Å²) < 4.78 is 15.9. The molecule has 8 heteroatoms. The van der Waals surface area contributed by atoms with Crippen molar-refractivity contribution in [2.45, 2.75) is 6.42 Å². The maximum absolute atomic E-state index is 11.4. The Kier molecular flexibility index (Phi) is 6.39.